The molecule has 0 bridgehead atoms. The van der Waals surface area contributed by atoms with Gasteiger partial charge in [-0.1, -0.05) is 36.4 Å². The quantitative estimate of drug-likeness (QED) is 0.310. The minimum absolute atomic E-state index is 0.150. The molecule has 3 aromatic rings. The van der Waals surface area contributed by atoms with Crippen molar-refractivity contribution in [2.24, 2.45) is 5.10 Å². The Kier molecular flexibility index (Phi) is 6.32. The van der Waals surface area contributed by atoms with E-state index in [9.17, 15) is 10.0 Å². The lowest BCUT2D eigenvalue weighted by Crippen LogP contribution is -2.99. The molecule has 1 atom stereocenters. The van der Waals surface area contributed by atoms with Crippen LogP contribution in [0.3, 0.4) is 0 Å². The van der Waals surface area contributed by atoms with E-state index in [0.717, 1.165) is 0 Å². The minimum Gasteiger partial charge on any atom is -0.595 e. The molecule has 4 N–H and O–H groups in total. The summed E-state index contributed by atoms with van der Waals surface area (Å²) < 4.78 is 5.61. The Morgan fingerprint density at radius 2 is 1.50 bits per heavy atom. The molecule has 3 rings (SSSR count). The fraction of sp³-hybridized carbons (Fsp3) is 0. The van der Waals surface area contributed by atoms with Gasteiger partial charge < -0.3 is 15.3 Å². The third kappa shape index (κ3) is 5.39. The van der Waals surface area contributed by atoms with Crippen molar-refractivity contribution >= 4 is 28.9 Å². The van der Waals surface area contributed by atoms with Crippen LogP contribution in [0.5, 0.6) is 5.75 Å². The standard InChI is InChI=1S/C20H18N4O4/c25-19(21-15-7-3-1-4-8-15)20(28-18-9-5-2-6-10-18)23-22-16-11-13-17(14-12-16)24(26)27/h1-14,22,24,26H,(H,21,25). The molecule has 0 saturated heterocycles. The third-order valence-electron chi connectivity index (χ3n) is 3.60. The van der Waals surface area contributed by atoms with Gasteiger partial charge in [-0.3, -0.25) is 10.2 Å². The number of benzene rings is 3. The molecule has 0 aliphatic heterocycles. The Bertz CT molecular complexity index is 929. The summed E-state index contributed by atoms with van der Waals surface area (Å²) in [4.78, 5) is 12.6. The Balaban J connectivity index is 1.78. The fourth-order valence-corrected chi connectivity index (χ4v) is 2.23. The first-order valence-corrected chi connectivity index (χ1v) is 8.38. The van der Waals surface area contributed by atoms with Crippen molar-refractivity contribution < 1.29 is 20.0 Å². The number of amides is 1. The Morgan fingerprint density at radius 3 is 2.11 bits per heavy atom. The number of quaternary nitrogens is 1. The number of nitrogens with one attached hydrogen (secondary N) is 3. The molecule has 0 heterocycles. The fourth-order valence-electron chi connectivity index (χ4n) is 2.23. The molecule has 0 radical (unpaired) electrons. The van der Waals surface area contributed by atoms with Crippen molar-refractivity contribution in [3.8, 4) is 5.75 Å². The highest BCUT2D eigenvalue weighted by molar-refractivity contribution is 6.40. The van der Waals surface area contributed by atoms with E-state index >= 15 is 0 Å². The highest BCUT2D eigenvalue weighted by Crippen LogP contribution is 2.13. The number of rotatable bonds is 5. The largest absolute Gasteiger partial charge is 0.595 e. The molecule has 28 heavy (non-hydrogen) atoms. The molecular formula is C20H18N4O4. The van der Waals surface area contributed by atoms with Gasteiger partial charge in [-0.05, 0) is 36.4 Å². The molecule has 8 nitrogen and oxygen atoms in total. The van der Waals surface area contributed by atoms with Crippen molar-refractivity contribution in [3.63, 3.8) is 0 Å². The maximum absolute atomic E-state index is 12.6. The number of hydrogen-bond acceptors (Lipinski definition) is 6. The number of carbonyl (C=O) groups is 1. The van der Waals surface area contributed by atoms with E-state index in [1.165, 1.54) is 12.1 Å². The predicted molar refractivity (Wildman–Crippen MR) is 105 cm³/mol. The van der Waals surface area contributed by atoms with E-state index in [-0.39, 0.29) is 11.6 Å². The lowest BCUT2D eigenvalue weighted by molar-refractivity contribution is -0.991. The van der Waals surface area contributed by atoms with Gasteiger partial charge in [0.2, 0.25) is 0 Å². The van der Waals surface area contributed by atoms with Gasteiger partial charge in [0, 0.05) is 17.8 Å². The molecule has 0 aliphatic carbocycles. The second-order valence-electron chi connectivity index (χ2n) is 5.65. The highest BCUT2D eigenvalue weighted by Gasteiger charge is 2.15. The molecule has 3 aromatic carbocycles. The number of hydrazone groups is 1. The van der Waals surface area contributed by atoms with Gasteiger partial charge in [-0.15, -0.1) is 5.10 Å². The normalized spacial score (nSPS) is 12.1. The smallest absolute Gasteiger partial charge is 0.313 e. The van der Waals surface area contributed by atoms with Crippen molar-refractivity contribution in [2.45, 2.75) is 0 Å². The summed E-state index contributed by atoms with van der Waals surface area (Å²) in [5.74, 6) is -0.283. The van der Waals surface area contributed by atoms with Gasteiger partial charge in [-0.2, -0.15) is 5.23 Å². The van der Waals surface area contributed by atoms with E-state index in [0.29, 0.717) is 17.1 Å². The molecule has 0 aliphatic rings. The van der Waals surface area contributed by atoms with Crippen molar-refractivity contribution in [1.82, 2.24) is 0 Å². The van der Waals surface area contributed by atoms with Gasteiger partial charge in [0.1, 0.15) is 5.75 Å². The average Bonchev–Trinajstić information content (AvgIpc) is 2.73. The summed E-state index contributed by atoms with van der Waals surface area (Å²) >= 11 is 0. The Morgan fingerprint density at radius 1 is 0.893 bits per heavy atom. The number of ether oxygens (including phenoxy) is 1. The number of carbonyl (C=O) groups excluding carboxylic acids is 1. The molecule has 0 spiro atoms. The zero-order chi connectivity index (χ0) is 19.8. The topological polar surface area (TPSA) is 110 Å². The summed E-state index contributed by atoms with van der Waals surface area (Å²) in [5.41, 5.74) is 3.96. The van der Waals surface area contributed by atoms with E-state index in [1.807, 2.05) is 12.1 Å². The number of para-hydroxylation sites is 2. The molecule has 1 amide bonds. The maximum atomic E-state index is 12.6. The average molecular weight is 378 g/mol. The van der Waals surface area contributed by atoms with Crippen molar-refractivity contribution in [2.75, 3.05) is 10.7 Å². The molecule has 1 unspecified atom stereocenters. The van der Waals surface area contributed by atoms with Gasteiger partial charge in [0.15, 0.2) is 5.69 Å². The SMILES string of the molecule is O=C(Nc1ccccc1)C(=NNc1ccc([NH+]([O-])O)cc1)Oc1ccccc1. The lowest BCUT2D eigenvalue weighted by Gasteiger charge is -2.12. The summed E-state index contributed by atoms with van der Waals surface area (Å²) in [6.07, 6.45) is 0. The summed E-state index contributed by atoms with van der Waals surface area (Å²) in [6.45, 7) is 0. The van der Waals surface area contributed by atoms with Gasteiger partial charge >= 0.3 is 11.8 Å². The molecule has 142 valence electrons. The zero-order valence-corrected chi connectivity index (χ0v) is 14.7. The van der Waals surface area contributed by atoms with E-state index < -0.39 is 11.1 Å². The summed E-state index contributed by atoms with van der Waals surface area (Å²) in [5, 5.41) is 25.6. The van der Waals surface area contributed by atoms with Crippen LogP contribution in [0.15, 0.2) is 90.0 Å². The first kappa shape index (κ1) is 19.1. The molecule has 0 saturated carbocycles. The number of nitrogens with zero attached hydrogens (tertiary/aromatic N) is 1. The zero-order valence-electron chi connectivity index (χ0n) is 14.7. The van der Waals surface area contributed by atoms with Crippen LogP contribution < -0.4 is 20.7 Å². The van der Waals surface area contributed by atoms with Crippen LogP contribution in [0, 0.1) is 5.21 Å². The molecular weight excluding hydrogens is 360 g/mol. The van der Waals surface area contributed by atoms with E-state index in [1.54, 1.807) is 60.7 Å². The van der Waals surface area contributed by atoms with Crippen LogP contribution in [-0.2, 0) is 4.79 Å². The van der Waals surface area contributed by atoms with Crippen LogP contribution in [0.1, 0.15) is 0 Å². The van der Waals surface area contributed by atoms with Crippen LogP contribution >= 0.6 is 0 Å². The first-order valence-electron chi connectivity index (χ1n) is 8.38. The van der Waals surface area contributed by atoms with Gasteiger partial charge in [-0.25, -0.2) is 5.21 Å². The van der Waals surface area contributed by atoms with Gasteiger partial charge in [0.25, 0.3) is 0 Å². The third-order valence-corrected chi connectivity index (χ3v) is 3.60. The van der Waals surface area contributed by atoms with Gasteiger partial charge in [0.05, 0.1) is 5.69 Å². The maximum Gasteiger partial charge on any atom is 0.313 e. The monoisotopic (exact) mass is 378 g/mol. The van der Waals surface area contributed by atoms with Crippen LogP contribution in [-0.4, -0.2) is 17.0 Å². The van der Waals surface area contributed by atoms with Crippen LogP contribution in [0.25, 0.3) is 0 Å². The Hall–Kier alpha value is -3.72. The molecule has 0 aromatic heterocycles. The van der Waals surface area contributed by atoms with E-state index in [2.05, 4.69) is 15.8 Å². The lowest BCUT2D eigenvalue weighted by atomic mass is 10.3. The van der Waals surface area contributed by atoms with Crippen molar-refractivity contribution in [1.29, 1.82) is 0 Å². The number of anilines is 2. The first-order chi connectivity index (χ1) is 13.6. The second kappa shape index (κ2) is 9.28. The molecule has 8 heteroatoms. The Labute approximate surface area is 161 Å². The molecule has 0 fully saturated rings. The second-order valence-corrected chi connectivity index (χ2v) is 5.65. The minimum atomic E-state index is -1.02. The van der Waals surface area contributed by atoms with Crippen LogP contribution in [0.2, 0.25) is 0 Å². The van der Waals surface area contributed by atoms with Crippen molar-refractivity contribution in [3.05, 3.63) is 90.1 Å². The summed E-state index contributed by atoms with van der Waals surface area (Å²) in [7, 11) is 0. The predicted octanol–water partition coefficient (Wildman–Crippen LogP) is 2.53. The van der Waals surface area contributed by atoms with E-state index in [4.69, 9.17) is 9.94 Å². The number of hydrogen-bond donors (Lipinski definition) is 4. The van der Waals surface area contributed by atoms with Crippen LogP contribution in [0.4, 0.5) is 17.1 Å². The highest BCUT2D eigenvalue weighted by atomic mass is 16.8. The summed E-state index contributed by atoms with van der Waals surface area (Å²) in [6, 6.07) is 23.7.